The van der Waals surface area contributed by atoms with Gasteiger partial charge < -0.3 is 5.11 Å². The molecule has 25 heavy (non-hydrogen) atoms. The number of aliphatic hydroxyl groups is 1. The smallest absolute Gasteiger partial charge is 0.0818 e. The minimum atomic E-state index is -0.254. The van der Waals surface area contributed by atoms with Gasteiger partial charge in [-0.25, -0.2) is 0 Å². The van der Waals surface area contributed by atoms with E-state index in [1.165, 1.54) is 77.0 Å². The van der Waals surface area contributed by atoms with E-state index in [0.29, 0.717) is 5.92 Å². The van der Waals surface area contributed by atoms with Crippen molar-refractivity contribution in [2.75, 3.05) is 0 Å². The van der Waals surface area contributed by atoms with Crippen molar-refractivity contribution >= 4 is 0 Å². The van der Waals surface area contributed by atoms with Crippen LogP contribution < -0.4 is 0 Å². The van der Waals surface area contributed by atoms with Crippen LogP contribution in [0.2, 0.25) is 0 Å². The van der Waals surface area contributed by atoms with Gasteiger partial charge in [0.2, 0.25) is 0 Å². The number of rotatable bonds is 7. The van der Waals surface area contributed by atoms with E-state index in [9.17, 15) is 5.11 Å². The highest BCUT2D eigenvalue weighted by Gasteiger charge is 2.28. The van der Waals surface area contributed by atoms with Crippen LogP contribution in [0, 0.1) is 23.7 Å². The standard InChI is InChI=1S/C24H38O/c1-2-6-19-9-11-20(12-10-19)13-14-21-15-17-23(18-16-21)24(25)22-7-4-3-5-8-22/h3-5,7-8,19-21,23-25H,2,6,9-18H2,1H3/t19-,20-,21?,23?,24?. The third-order valence-corrected chi connectivity index (χ3v) is 7.13. The predicted molar refractivity (Wildman–Crippen MR) is 106 cm³/mol. The van der Waals surface area contributed by atoms with Crippen molar-refractivity contribution in [2.45, 2.75) is 90.1 Å². The molecule has 0 radical (unpaired) electrons. The average molecular weight is 343 g/mol. The van der Waals surface area contributed by atoms with Gasteiger partial charge >= 0.3 is 0 Å². The van der Waals surface area contributed by atoms with Gasteiger partial charge in [-0.1, -0.05) is 101 Å². The van der Waals surface area contributed by atoms with Crippen LogP contribution in [-0.2, 0) is 0 Å². The Morgan fingerprint density at radius 3 is 1.76 bits per heavy atom. The Morgan fingerprint density at radius 2 is 1.24 bits per heavy atom. The van der Waals surface area contributed by atoms with Gasteiger partial charge in [0, 0.05) is 0 Å². The lowest BCUT2D eigenvalue weighted by atomic mass is 9.73. The van der Waals surface area contributed by atoms with Crippen LogP contribution in [0.15, 0.2) is 30.3 Å². The van der Waals surface area contributed by atoms with E-state index < -0.39 is 0 Å². The van der Waals surface area contributed by atoms with Gasteiger partial charge in [-0.3, -0.25) is 0 Å². The Kier molecular flexibility index (Phi) is 7.40. The first-order valence-corrected chi connectivity index (χ1v) is 11.0. The molecule has 1 atom stereocenters. The zero-order chi connectivity index (χ0) is 17.5. The van der Waals surface area contributed by atoms with Crippen LogP contribution in [0.4, 0.5) is 0 Å². The Labute approximate surface area is 155 Å². The van der Waals surface area contributed by atoms with Gasteiger partial charge in [0.1, 0.15) is 0 Å². The Hall–Kier alpha value is -0.820. The van der Waals surface area contributed by atoms with Crippen molar-refractivity contribution in [3.05, 3.63) is 35.9 Å². The Morgan fingerprint density at radius 1 is 0.760 bits per heavy atom. The molecule has 0 heterocycles. The van der Waals surface area contributed by atoms with E-state index in [4.69, 9.17) is 0 Å². The second-order valence-corrected chi connectivity index (χ2v) is 8.89. The zero-order valence-corrected chi connectivity index (χ0v) is 16.2. The summed E-state index contributed by atoms with van der Waals surface area (Å²) in [5.74, 6) is 3.45. The largest absolute Gasteiger partial charge is 0.388 e. The van der Waals surface area contributed by atoms with E-state index in [-0.39, 0.29) is 6.10 Å². The number of benzene rings is 1. The van der Waals surface area contributed by atoms with E-state index >= 15 is 0 Å². The number of aliphatic hydroxyl groups excluding tert-OH is 1. The molecule has 1 aromatic carbocycles. The molecule has 0 spiro atoms. The molecule has 1 aromatic rings. The summed E-state index contributed by atoms with van der Waals surface area (Å²) in [7, 11) is 0. The van der Waals surface area contributed by atoms with Crippen molar-refractivity contribution in [1.82, 2.24) is 0 Å². The quantitative estimate of drug-likeness (QED) is 0.570. The second kappa shape index (κ2) is 9.76. The lowest BCUT2D eigenvalue weighted by Gasteiger charge is -2.33. The maximum absolute atomic E-state index is 10.6. The van der Waals surface area contributed by atoms with Gasteiger partial charge in [0.05, 0.1) is 6.10 Å². The molecule has 0 aromatic heterocycles. The van der Waals surface area contributed by atoms with Crippen LogP contribution in [0.1, 0.15) is 95.6 Å². The Balaban J connectivity index is 1.34. The van der Waals surface area contributed by atoms with E-state index in [2.05, 4.69) is 19.1 Å². The first-order chi connectivity index (χ1) is 12.3. The highest BCUT2D eigenvalue weighted by atomic mass is 16.3. The maximum Gasteiger partial charge on any atom is 0.0818 e. The Bertz CT molecular complexity index is 466. The SMILES string of the molecule is CCC[C@H]1CC[C@H](CCC2CCC(C(O)c3ccccc3)CC2)CC1. The third kappa shape index (κ3) is 5.58. The van der Waals surface area contributed by atoms with Gasteiger partial charge in [0.15, 0.2) is 0 Å². The molecule has 1 N–H and O–H groups in total. The van der Waals surface area contributed by atoms with Crippen LogP contribution in [0.25, 0.3) is 0 Å². The summed E-state index contributed by atoms with van der Waals surface area (Å²) >= 11 is 0. The van der Waals surface area contributed by atoms with Gasteiger partial charge in [-0.2, -0.15) is 0 Å². The monoisotopic (exact) mass is 342 g/mol. The molecule has 2 aliphatic rings. The predicted octanol–water partition coefficient (Wildman–Crippen LogP) is 6.91. The summed E-state index contributed by atoms with van der Waals surface area (Å²) < 4.78 is 0. The molecule has 1 heteroatoms. The molecule has 0 bridgehead atoms. The molecule has 2 aliphatic carbocycles. The molecule has 0 saturated heterocycles. The summed E-state index contributed by atoms with van der Waals surface area (Å²) in [6, 6.07) is 10.3. The molecule has 2 fully saturated rings. The highest BCUT2D eigenvalue weighted by Crippen LogP contribution is 2.40. The molecule has 140 valence electrons. The van der Waals surface area contributed by atoms with Gasteiger partial charge in [-0.05, 0) is 42.1 Å². The lowest BCUT2D eigenvalue weighted by Crippen LogP contribution is -2.21. The van der Waals surface area contributed by atoms with Crippen molar-refractivity contribution in [3.8, 4) is 0 Å². The molecule has 0 aliphatic heterocycles. The number of hydrogen-bond donors (Lipinski definition) is 1. The molecular formula is C24H38O. The van der Waals surface area contributed by atoms with Crippen LogP contribution in [0.5, 0.6) is 0 Å². The van der Waals surface area contributed by atoms with Crippen LogP contribution in [0.3, 0.4) is 0 Å². The second-order valence-electron chi connectivity index (χ2n) is 8.89. The minimum Gasteiger partial charge on any atom is -0.388 e. The van der Waals surface area contributed by atoms with Crippen molar-refractivity contribution in [1.29, 1.82) is 0 Å². The summed E-state index contributed by atoms with van der Waals surface area (Å²) in [5, 5.41) is 10.6. The summed E-state index contributed by atoms with van der Waals surface area (Å²) in [6.45, 7) is 2.33. The fourth-order valence-corrected chi connectivity index (χ4v) is 5.40. The minimum absolute atomic E-state index is 0.254. The van der Waals surface area contributed by atoms with Gasteiger partial charge in [-0.15, -0.1) is 0 Å². The topological polar surface area (TPSA) is 20.2 Å². The third-order valence-electron chi connectivity index (χ3n) is 7.13. The summed E-state index contributed by atoms with van der Waals surface area (Å²) in [6.07, 6.45) is 16.5. The summed E-state index contributed by atoms with van der Waals surface area (Å²) in [4.78, 5) is 0. The molecular weight excluding hydrogens is 304 g/mol. The van der Waals surface area contributed by atoms with Crippen molar-refractivity contribution < 1.29 is 5.11 Å². The van der Waals surface area contributed by atoms with E-state index in [1.807, 2.05) is 18.2 Å². The van der Waals surface area contributed by atoms with Gasteiger partial charge in [0.25, 0.3) is 0 Å². The van der Waals surface area contributed by atoms with E-state index in [0.717, 1.165) is 23.3 Å². The molecule has 3 rings (SSSR count). The lowest BCUT2D eigenvalue weighted by molar-refractivity contribution is 0.0708. The first kappa shape index (κ1) is 19.0. The first-order valence-electron chi connectivity index (χ1n) is 11.0. The fraction of sp³-hybridized carbons (Fsp3) is 0.750. The molecule has 2 saturated carbocycles. The van der Waals surface area contributed by atoms with Crippen molar-refractivity contribution in [3.63, 3.8) is 0 Å². The molecule has 1 nitrogen and oxygen atoms in total. The summed E-state index contributed by atoms with van der Waals surface area (Å²) in [5.41, 5.74) is 1.11. The number of hydrogen-bond acceptors (Lipinski definition) is 1. The molecule has 1 unspecified atom stereocenters. The zero-order valence-electron chi connectivity index (χ0n) is 16.2. The molecule has 0 amide bonds. The highest BCUT2D eigenvalue weighted by molar-refractivity contribution is 5.18. The normalized spacial score (nSPS) is 31.6. The van der Waals surface area contributed by atoms with Crippen LogP contribution in [-0.4, -0.2) is 5.11 Å². The average Bonchev–Trinajstić information content (AvgIpc) is 2.68. The fourth-order valence-electron chi connectivity index (χ4n) is 5.40. The van der Waals surface area contributed by atoms with Crippen molar-refractivity contribution in [2.24, 2.45) is 23.7 Å². The maximum atomic E-state index is 10.6. The van der Waals surface area contributed by atoms with E-state index in [1.54, 1.807) is 0 Å². The van der Waals surface area contributed by atoms with Crippen LogP contribution >= 0.6 is 0 Å².